The van der Waals surface area contributed by atoms with E-state index in [2.05, 4.69) is 0 Å². The van der Waals surface area contributed by atoms with Gasteiger partial charge in [-0.3, -0.25) is 0 Å². The molecule has 4 N–H and O–H groups in total. The topological polar surface area (TPSA) is 90.2 Å². The van der Waals surface area contributed by atoms with Gasteiger partial charge in [0.15, 0.2) is 0 Å². The minimum absolute atomic E-state index is 0.00244. The van der Waals surface area contributed by atoms with Crippen LogP contribution in [0.4, 0.5) is 0 Å². The molecular weight excluding hydrogens is 260 g/mol. The summed E-state index contributed by atoms with van der Waals surface area (Å²) >= 11 is 0. The van der Waals surface area contributed by atoms with E-state index in [1.165, 1.54) is 24.3 Å². The summed E-state index contributed by atoms with van der Waals surface area (Å²) in [4.78, 5) is 0. The maximum absolute atomic E-state index is 10.1. The lowest BCUT2D eigenvalue weighted by molar-refractivity contribution is -0.311. The first kappa shape index (κ1) is 12.8. The third kappa shape index (κ3) is 2.17. The summed E-state index contributed by atoms with van der Waals surface area (Å²) in [7, 11) is 0. The molecule has 0 spiro atoms. The molecule has 1 heterocycles. The zero-order valence-corrected chi connectivity index (χ0v) is 10.5. The van der Waals surface area contributed by atoms with Crippen molar-refractivity contribution < 1.29 is 25.2 Å². The summed E-state index contributed by atoms with van der Waals surface area (Å²) < 4.78 is 5.19. The van der Waals surface area contributed by atoms with Gasteiger partial charge in [-0.25, -0.2) is 0 Å². The predicted octanol–water partition coefficient (Wildman–Crippen LogP) is 1.45. The standard InChI is InChI=1S/C15H14O5/c16-11-4-1-9(2-5-11)13-7-10-3-6-12(17)8-14(10)20-15(13,18)19/h1-6,8,13,16-19H,7H2. The molecule has 20 heavy (non-hydrogen) atoms. The summed E-state index contributed by atoms with van der Waals surface area (Å²) in [5, 5.41) is 38.9. The Kier molecular flexibility index (Phi) is 2.81. The first-order chi connectivity index (χ1) is 9.45. The number of hydrogen-bond donors (Lipinski definition) is 4. The molecule has 2 aromatic rings. The van der Waals surface area contributed by atoms with E-state index in [0.29, 0.717) is 12.0 Å². The Hall–Kier alpha value is -2.24. The molecular formula is C15H14O5. The highest BCUT2D eigenvalue weighted by Gasteiger charge is 2.43. The highest BCUT2D eigenvalue weighted by Crippen LogP contribution is 2.41. The van der Waals surface area contributed by atoms with E-state index in [9.17, 15) is 20.4 Å². The first-order valence-corrected chi connectivity index (χ1v) is 6.20. The Balaban J connectivity index is 2.00. The SMILES string of the molecule is Oc1ccc(C2Cc3ccc(O)cc3OC2(O)O)cc1. The van der Waals surface area contributed by atoms with Crippen molar-refractivity contribution in [2.75, 3.05) is 0 Å². The van der Waals surface area contributed by atoms with Crippen LogP contribution in [0.3, 0.4) is 0 Å². The number of phenolic OH excluding ortho intramolecular Hbond substituents is 2. The van der Waals surface area contributed by atoms with Gasteiger partial charge in [0.2, 0.25) is 0 Å². The smallest absolute Gasteiger partial charge is 0.329 e. The molecule has 0 fully saturated rings. The average Bonchev–Trinajstić information content (AvgIpc) is 2.38. The fraction of sp³-hybridized carbons (Fsp3) is 0.200. The summed E-state index contributed by atoms with van der Waals surface area (Å²) in [6.45, 7) is 0. The third-order valence-electron chi connectivity index (χ3n) is 3.48. The van der Waals surface area contributed by atoms with Gasteiger partial charge >= 0.3 is 5.97 Å². The molecule has 104 valence electrons. The van der Waals surface area contributed by atoms with Crippen LogP contribution in [0, 0.1) is 0 Å². The summed E-state index contributed by atoms with van der Waals surface area (Å²) in [5.74, 6) is -2.68. The van der Waals surface area contributed by atoms with E-state index in [0.717, 1.165) is 5.56 Å². The van der Waals surface area contributed by atoms with E-state index in [-0.39, 0.29) is 17.2 Å². The molecule has 0 aliphatic carbocycles. The monoisotopic (exact) mass is 274 g/mol. The predicted molar refractivity (Wildman–Crippen MR) is 70.5 cm³/mol. The molecule has 5 heteroatoms. The van der Waals surface area contributed by atoms with Crippen LogP contribution in [0.25, 0.3) is 0 Å². The highest BCUT2D eigenvalue weighted by atomic mass is 16.8. The molecule has 0 amide bonds. The molecule has 0 saturated heterocycles. The lowest BCUT2D eigenvalue weighted by atomic mass is 9.87. The second-order valence-electron chi connectivity index (χ2n) is 4.90. The number of aromatic hydroxyl groups is 2. The molecule has 3 rings (SSSR count). The van der Waals surface area contributed by atoms with Crippen molar-refractivity contribution >= 4 is 0 Å². The number of fused-ring (bicyclic) bond motifs is 1. The van der Waals surface area contributed by atoms with Gasteiger partial charge in [0.25, 0.3) is 0 Å². The van der Waals surface area contributed by atoms with Crippen LogP contribution >= 0.6 is 0 Å². The van der Waals surface area contributed by atoms with Gasteiger partial charge in [0.05, 0.1) is 5.92 Å². The number of aliphatic hydroxyl groups is 2. The van der Waals surface area contributed by atoms with Crippen LogP contribution in [0.15, 0.2) is 42.5 Å². The van der Waals surface area contributed by atoms with Gasteiger partial charge < -0.3 is 25.2 Å². The van der Waals surface area contributed by atoms with E-state index in [1.54, 1.807) is 18.2 Å². The van der Waals surface area contributed by atoms with Crippen molar-refractivity contribution in [3.05, 3.63) is 53.6 Å². The number of phenols is 2. The van der Waals surface area contributed by atoms with Crippen LogP contribution in [0.1, 0.15) is 17.0 Å². The fourth-order valence-corrected chi connectivity index (χ4v) is 2.43. The molecule has 2 aromatic carbocycles. The van der Waals surface area contributed by atoms with E-state index in [1.807, 2.05) is 0 Å². The molecule has 0 bridgehead atoms. The second-order valence-corrected chi connectivity index (χ2v) is 4.90. The first-order valence-electron chi connectivity index (χ1n) is 6.20. The minimum atomic E-state index is -2.36. The van der Waals surface area contributed by atoms with Gasteiger partial charge in [-0.05, 0) is 35.7 Å². The molecule has 1 atom stereocenters. The zero-order valence-electron chi connectivity index (χ0n) is 10.5. The van der Waals surface area contributed by atoms with Crippen LogP contribution in [0.5, 0.6) is 17.2 Å². The number of hydrogen-bond acceptors (Lipinski definition) is 5. The van der Waals surface area contributed by atoms with Gasteiger partial charge in [-0.15, -0.1) is 0 Å². The number of benzene rings is 2. The van der Waals surface area contributed by atoms with Crippen molar-refractivity contribution in [3.63, 3.8) is 0 Å². The zero-order chi connectivity index (χ0) is 14.3. The van der Waals surface area contributed by atoms with Crippen LogP contribution in [-0.4, -0.2) is 26.4 Å². The largest absolute Gasteiger partial charge is 0.508 e. The van der Waals surface area contributed by atoms with Gasteiger partial charge in [-0.1, -0.05) is 18.2 Å². The maximum atomic E-state index is 10.1. The summed E-state index contributed by atoms with van der Waals surface area (Å²) in [6, 6.07) is 10.8. The lowest BCUT2D eigenvalue weighted by Crippen LogP contribution is -2.45. The minimum Gasteiger partial charge on any atom is -0.508 e. The van der Waals surface area contributed by atoms with Crippen LogP contribution in [0.2, 0.25) is 0 Å². The van der Waals surface area contributed by atoms with Crippen molar-refractivity contribution in [1.82, 2.24) is 0 Å². The van der Waals surface area contributed by atoms with Gasteiger partial charge in [0, 0.05) is 6.07 Å². The van der Waals surface area contributed by atoms with Crippen LogP contribution < -0.4 is 4.74 Å². The van der Waals surface area contributed by atoms with Crippen LogP contribution in [-0.2, 0) is 6.42 Å². The van der Waals surface area contributed by atoms with Gasteiger partial charge in [0.1, 0.15) is 17.2 Å². The molecule has 1 unspecified atom stereocenters. The van der Waals surface area contributed by atoms with Crippen molar-refractivity contribution in [3.8, 4) is 17.2 Å². The average molecular weight is 274 g/mol. The Morgan fingerprint density at radius 3 is 2.30 bits per heavy atom. The Morgan fingerprint density at radius 2 is 1.60 bits per heavy atom. The lowest BCUT2D eigenvalue weighted by Gasteiger charge is -2.36. The second kappa shape index (κ2) is 4.40. The molecule has 0 aromatic heterocycles. The van der Waals surface area contributed by atoms with Crippen molar-refractivity contribution in [1.29, 1.82) is 0 Å². The Bertz CT molecular complexity index is 633. The molecule has 1 aliphatic rings. The van der Waals surface area contributed by atoms with Crippen molar-refractivity contribution in [2.24, 2.45) is 0 Å². The quantitative estimate of drug-likeness (QED) is 0.591. The van der Waals surface area contributed by atoms with Gasteiger partial charge in [-0.2, -0.15) is 0 Å². The number of rotatable bonds is 1. The fourth-order valence-electron chi connectivity index (χ4n) is 2.43. The molecule has 0 saturated carbocycles. The third-order valence-corrected chi connectivity index (χ3v) is 3.48. The maximum Gasteiger partial charge on any atom is 0.329 e. The van der Waals surface area contributed by atoms with E-state index >= 15 is 0 Å². The molecule has 1 aliphatic heterocycles. The molecule has 5 nitrogen and oxygen atoms in total. The Labute approximate surface area is 115 Å². The Morgan fingerprint density at radius 1 is 0.950 bits per heavy atom. The van der Waals surface area contributed by atoms with Crippen molar-refractivity contribution in [2.45, 2.75) is 18.3 Å². The normalized spacial score (nSPS) is 20.0. The van der Waals surface area contributed by atoms with E-state index in [4.69, 9.17) is 4.74 Å². The highest BCUT2D eigenvalue weighted by molar-refractivity contribution is 5.44. The summed E-state index contributed by atoms with van der Waals surface area (Å²) in [5.41, 5.74) is 1.42. The molecule has 0 radical (unpaired) electrons. The van der Waals surface area contributed by atoms with E-state index < -0.39 is 11.9 Å². The number of ether oxygens (including phenoxy) is 1. The summed E-state index contributed by atoms with van der Waals surface area (Å²) in [6.07, 6.45) is 0.355.